The average molecular weight is 461 g/mol. The largest absolute Gasteiger partial charge is 0.466 e. The van der Waals surface area contributed by atoms with Gasteiger partial charge in [-0.05, 0) is 33.6 Å². The summed E-state index contributed by atoms with van der Waals surface area (Å²) in [5.74, 6) is -2.65. The number of alkyl halides is 1. The summed E-state index contributed by atoms with van der Waals surface area (Å²) < 4.78 is 11.5. The molecule has 2 amide bonds. The number of nitrogens with one attached hydrogen (secondary N) is 1. The SMILES string of the molecule is CCOC(=O)[C@H]1[C@@H]2O[C@@]3(CC2Br)[C@@H]1C(=O)N([C@@H](CC)CO)[C@@H]3C(=O)NC(C)C. The Balaban J connectivity index is 2.08. The first-order valence-electron chi connectivity index (χ1n) is 9.95. The van der Waals surface area contributed by atoms with Crippen molar-refractivity contribution < 1.29 is 29.0 Å². The highest BCUT2D eigenvalue weighted by atomic mass is 79.9. The Hall–Kier alpha value is -1.19. The van der Waals surface area contributed by atoms with E-state index in [4.69, 9.17) is 9.47 Å². The Bertz CT molecular complexity index is 654. The van der Waals surface area contributed by atoms with E-state index in [1.807, 2.05) is 20.8 Å². The van der Waals surface area contributed by atoms with E-state index in [0.29, 0.717) is 12.8 Å². The van der Waals surface area contributed by atoms with E-state index < -0.39 is 41.6 Å². The Morgan fingerprint density at radius 2 is 2.11 bits per heavy atom. The van der Waals surface area contributed by atoms with Crippen molar-refractivity contribution in [2.45, 2.75) is 75.2 Å². The van der Waals surface area contributed by atoms with Gasteiger partial charge in [0, 0.05) is 10.9 Å². The van der Waals surface area contributed by atoms with Crippen LogP contribution in [0.15, 0.2) is 0 Å². The molecule has 2 bridgehead atoms. The number of fused-ring (bicyclic) bond motifs is 1. The van der Waals surface area contributed by atoms with Gasteiger partial charge in [-0.3, -0.25) is 14.4 Å². The first-order valence-corrected chi connectivity index (χ1v) is 10.9. The lowest BCUT2D eigenvalue weighted by Crippen LogP contribution is -2.59. The van der Waals surface area contributed by atoms with Gasteiger partial charge in [0.15, 0.2) is 0 Å². The third-order valence-electron chi connectivity index (χ3n) is 6.04. The minimum absolute atomic E-state index is 0.117. The number of halogens is 1. The third kappa shape index (κ3) is 3.06. The number of rotatable bonds is 7. The number of hydrogen-bond donors (Lipinski definition) is 2. The Morgan fingerprint density at radius 3 is 2.64 bits per heavy atom. The second-order valence-electron chi connectivity index (χ2n) is 8.07. The summed E-state index contributed by atoms with van der Waals surface area (Å²) >= 11 is 3.58. The average Bonchev–Trinajstić information content (AvgIpc) is 3.20. The molecule has 3 saturated heterocycles. The highest BCUT2D eigenvalue weighted by Crippen LogP contribution is 2.60. The lowest BCUT2D eigenvalue weighted by atomic mass is 9.70. The fourth-order valence-corrected chi connectivity index (χ4v) is 5.99. The number of carbonyl (C=O) groups excluding carboxylic acids is 3. The fraction of sp³-hybridized carbons (Fsp3) is 0.842. The molecule has 0 radical (unpaired) electrons. The topological polar surface area (TPSA) is 105 Å². The van der Waals surface area contributed by atoms with Crippen LogP contribution in [0.3, 0.4) is 0 Å². The molecule has 0 saturated carbocycles. The normalized spacial score (nSPS) is 37.3. The number of aliphatic hydroxyl groups excluding tert-OH is 1. The van der Waals surface area contributed by atoms with Crippen LogP contribution in [0.5, 0.6) is 0 Å². The van der Waals surface area contributed by atoms with Crippen molar-refractivity contribution >= 4 is 33.7 Å². The van der Waals surface area contributed by atoms with Crippen LogP contribution < -0.4 is 5.32 Å². The Labute approximate surface area is 173 Å². The molecule has 3 rings (SSSR count). The van der Waals surface area contributed by atoms with E-state index in [2.05, 4.69) is 21.2 Å². The molecule has 158 valence electrons. The molecule has 3 fully saturated rings. The van der Waals surface area contributed by atoms with Gasteiger partial charge in [0.1, 0.15) is 11.6 Å². The molecule has 28 heavy (non-hydrogen) atoms. The Morgan fingerprint density at radius 1 is 1.43 bits per heavy atom. The lowest BCUT2D eigenvalue weighted by molar-refractivity contribution is -0.155. The van der Waals surface area contributed by atoms with Crippen LogP contribution >= 0.6 is 15.9 Å². The summed E-state index contributed by atoms with van der Waals surface area (Å²) in [6.07, 6.45) is 0.416. The number of ether oxygens (including phenoxy) is 2. The fourth-order valence-electron chi connectivity index (χ4n) is 5.05. The van der Waals surface area contributed by atoms with Crippen molar-refractivity contribution in [3.63, 3.8) is 0 Å². The molecule has 1 spiro atoms. The maximum Gasteiger partial charge on any atom is 0.312 e. The maximum atomic E-state index is 13.5. The summed E-state index contributed by atoms with van der Waals surface area (Å²) in [6, 6.07) is -1.53. The molecule has 3 heterocycles. The van der Waals surface area contributed by atoms with E-state index in [1.165, 1.54) is 4.90 Å². The minimum Gasteiger partial charge on any atom is -0.466 e. The number of carbonyl (C=O) groups is 3. The zero-order valence-corrected chi connectivity index (χ0v) is 18.3. The van der Waals surface area contributed by atoms with E-state index in [-0.39, 0.29) is 35.9 Å². The minimum atomic E-state index is -1.10. The molecule has 0 aromatic rings. The molecule has 0 aromatic carbocycles. The molecular formula is C19H29BrN2O6. The maximum absolute atomic E-state index is 13.5. The van der Waals surface area contributed by atoms with Gasteiger partial charge in [0.2, 0.25) is 11.8 Å². The van der Waals surface area contributed by atoms with Crippen LogP contribution in [-0.2, 0) is 23.9 Å². The molecule has 7 atom stereocenters. The predicted octanol–water partition coefficient (Wildman–Crippen LogP) is 0.593. The van der Waals surface area contributed by atoms with Gasteiger partial charge < -0.3 is 24.8 Å². The van der Waals surface area contributed by atoms with Gasteiger partial charge in [0.25, 0.3) is 0 Å². The van der Waals surface area contributed by atoms with Crippen molar-refractivity contribution in [2.24, 2.45) is 11.8 Å². The standard InChI is InChI=1S/C19H29BrN2O6/c1-5-10(8-23)22-15(16(24)21-9(3)4)19-7-11(20)14(28-19)12(13(19)17(22)25)18(26)27-6-2/h9-15,23H,5-8H2,1-4H3,(H,21,24)/t10-,11?,12+,13-,14+,15+,19-/m0/s1. The lowest BCUT2D eigenvalue weighted by Gasteiger charge is -2.36. The molecule has 8 nitrogen and oxygen atoms in total. The first-order chi connectivity index (χ1) is 13.2. The zero-order chi connectivity index (χ0) is 20.8. The van der Waals surface area contributed by atoms with Gasteiger partial charge >= 0.3 is 5.97 Å². The zero-order valence-electron chi connectivity index (χ0n) is 16.7. The summed E-state index contributed by atoms with van der Waals surface area (Å²) in [4.78, 5) is 40.7. The van der Waals surface area contributed by atoms with E-state index in [1.54, 1.807) is 6.92 Å². The van der Waals surface area contributed by atoms with Gasteiger partial charge in [0.05, 0.1) is 37.2 Å². The number of hydrogen-bond acceptors (Lipinski definition) is 6. The monoisotopic (exact) mass is 460 g/mol. The second-order valence-corrected chi connectivity index (χ2v) is 9.25. The van der Waals surface area contributed by atoms with Gasteiger partial charge in [-0.1, -0.05) is 22.9 Å². The highest BCUT2D eigenvalue weighted by Gasteiger charge is 2.77. The predicted molar refractivity (Wildman–Crippen MR) is 104 cm³/mol. The van der Waals surface area contributed by atoms with Crippen molar-refractivity contribution in [1.29, 1.82) is 0 Å². The number of amides is 2. The number of esters is 1. The number of likely N-dealkylation sites (tertiary alicyclic amines) is 1. The van der Waals surface area contributed by atoms with E-state index in [9.17, 15) is 19.5 Å². The van der Waals surface area contributed by atoms with Crippen LogP contribution in [0.4, 0.5) is 0 Å². The third-order valence-corrected chi connectivity index (χ3v) is 6.89. The molecule has 0 aliphatic carbocycles. The molecule has 3 aliphatic rings. The second kappa shape index (κ2) is 7.91. The van der Waals surface area contributed by atoms with Gasteiger partial charge in [-0.25, -0.2) is 0 Å². The Kier molecular flexibility index (Phi) is 6.08. The van der Waals surface area contributed by atoms with Crippen LogP contribution in [-0.4, -0.2) is 75.7 Å². The van der Waals surface area contributed by atoms with Crippen molar-refractivity contribution in [3.8, 4) is 0 Å². The van der Waals surface area contributed by atoms with Crippen LogP contribution in [0.1, 0.15) is 40.5 Å². The molecule has 3 aliphatic heterocycles. The number of aliphatic hydroxyl groups is 1. The number of nitrogens with zero attached hydrogens (tertiary/aromatic N) is 1. The molecular weight excluding hydrogens is 432 g/mol. The molecule has 1 unspecified atom stereocenters. The van der Waals surface area contributed by atoms with Crippen LogP contribution in [0.2, 0.25) is 0 Å². The molecule has 2 N–H and O–H groups in total. The summed E-state index contributed by atoms with van der Waals surface area (Å²) in [5.41, 5.74) is -1.10. The van der Waals surface area contributed by atoms with Crippen molar-refractivity contribution in [3.05, 3.63) is 0 Å². The van der Waals surface area contributed by atoms with E-state index >= 15 is 0 Å². The smallest absolute Gasteiger partial charge is 0.312 e. The highest BCUT2D eigenvalue weighted by molar-refractivity contribution is 9.09. The summed E-state index contributed by atoms with van der Waals surface area (Å²) in [6.45, 7) is 7.21. The van der Waals surface area contributed by atoms with Gasteiger partial charge in [-0.2, -0.15) is 0 Å². The molecule has 9 heteroatoms. The quantitative estimate of drug-likeness (QED) is 0.425. The van der Waals surface area contributed by atoms with Crippen molar-refractivity contribution in [2.75, 3.05) is 13.2 Å². The van der Waals surface area contributed by atoms with Crippen LogP contribution in [0.25, 0.3) is 0 Å². The summed E-state index contributed by atoms with van der Waals surface area (Å²) in [7, 11) is 0. The van der Waals surface area contributed by atoms with Gasteiger partial charge in [-0.15, -0.1) is 0 Å². The van der Waals surface area contributed by atoms with Crippen molar-refractivity contribution in [1.82, 2.24) is 10.2 Å². The van der Waals surface area contributed by atoms with Crippen LogP contribution in [0, 0.1) is 11.8 Å². The summed E-state index contributed by atoms with van der Waals surface area (Å²) in [5, 5.41) is 12.7. The molecule has 0 aromatic heterocycles. The van der Waals surface area contributed by atoms with E-state index in [0.717, 1.165) is 0 Å². The first kappa shape index (κ1) is 21.5.